The molecular formula is C27H35N3O4. The molecule has 0 saturated carbocycles. The Morgan fingerprint density at radius 1 is 1.09 bits per heavy atom. The molecule has 2 aromatic rings. The van der Waals surface area contributed by atoms with Crippen molar-refractivity contribution in [3.63, 3.8) is 0 Å². The molecule has 2 aliphatic rings. The van der Waals surface area contributed by atoms with Crippen molar-refractivity contribution >= 4 is 17.6 Å². The van der Waals surface area contributed by atoms with Gasteiger partial charge in [0.2, 0.25) is 5.91 Å². The SMILES string of the molecule is CC[C@H]1CN(C(=O)N2CCC(C(=O)NCc3ccc(OC(C)C)cc3)CC2)c2ccccc2O1. The number of nitrogens with one attached hydrogen (secondary N) is 1. The average Bonchev–Trinajstić information content (AvgIpc) is 2.86. The molecule has 1 atom stereocenters. The fourth-order valence-electron chi connectivity index (χ4n) is 4.49. The van der Waals surface area contributed by atoms with Crippen LogP contribution in [0.3, 0.4) is 0 Å². The predicted molar refractivity (Wildman–Crippen MR) is 132 cm³/mol. The lowest BCUT2D eigenvalue weighted by molar-refractivity contribution is -0.126. The van der Waals surface area contributed by atoms with Crippen molar-refractivity contribution < 1.29 is 19.1 Å². The Kier molecular flexibility index (Phi) is 7.60. The third-order valence-corrected chi connectivity index (χ3v) is 6.42. The molecule has 0 aromatic heterocycles. The summed E-state index contributed by atoms with van der Waals surface area (Å²) >= 11 is 0. The molecule has 1 fully saturated rings. The number of piperidine rings is 1. The number of urea groups is 1. The zero-order chi connectivity index (χ0) is 24.1. The minimum Gasteiger partial charge on any atom is -0.491 e. The van der Waals surface area contributed by atoms with E-state index in [-0.39, 0.29) is 30.1 Å². The van der Waals surface area contributed by atoms with E-state index in [1.165, 1.54) is 0 Å². The van der Waals surface area contributed by atoms with Gasteiger partial charge in [0.1, 0.15) is 17.6 Å². The number of amides is 3. The normalized spacial score (nSPS) is 18.3. The first kappa shape index (κ1) is 23.9. The summed E-state index contributed by atoms with van der Waals surface area (Å²) in [5, 5.41) is 3.05. The topological polar surface area (TPSA) is 71.1 Å². The predicted octanol–water partition coefficient (Wildman–Crippen LogP) is 4.60. The number of carbonyl (C=O) groups excluding carboxylic acids is 2. The summed E-state index contributed by atoms with van der Waals surface area (Å²) in [7, 11) is 0. The highest BCUT2D eigenvalue weighted by atomic mass is 16.5. The second-order valence-electron chi connectivity index (χ2n) is 9.30. The third kappa shape index (κ3) is 5.64. The van der Waals surface area contributed by atoms with Crippen molar-refractivity contribution in [2.45, 2.75) is 58.8 Å². The van der Waals surface area contributed by atoms with Gasteiger partial charge in [-0.15, -0.1) is 0 Å². The van der Waals surface area contributed by atoms with Crippen LogP contribution in [-0.2, 0) is 11.3 Å². The lowest BCUT2D eigenvalue weighted by Gasteiger charge is -2.39. The van der Waals surface area contributed by atoms with Crippen LogP contribution in [0.2, 0.25) is 0 Å². The van der Waals surface area contributed by atoms with Gasteiger partial charge in [-0.25, -0.2) is 4.79 Å². The third-order valence-electron chi connectivity index (χ3n) is 6.42. The maximum absolute atomic E-state index is 13.3. The van der Waals surface area contributed by atoms with Gasteiger partial charge in [0.05, 0.1) is 18.3 Å². The van der Waals surface area contributed by atoms with Gasteiger partial charge in [0.25, 0.3) is 0 Å². The summed E-state index contributed by atoms with van der Waals surface area (Å²) in [4.78, 5) is 29.8. The van der Waals surface area contributed by atoms with Crippen LogP contribution in [-0.4, -0.2) is 48.7 Å². The van der Waals surface area contributed by atoms with Crippen LogP contribution >= 0.6 is 0 Å². The van der Waals surface area contributed by atoms with Gasteiger partial charge in [-0.2, -0.15) is 0 Å². The van der Waals surface area contributed by atoms with Crippen LogP contribution in [0.25, 0.3) is 0 Å². The van der Waals surface area contributed by atoms with E-state index in [1.54, 1.807) is 0 Å². The molecule has 2 aliphatic heterocycles. The highest BCUT2D eigenvalue weighted by Crippen LogP contribution is 2.35. The van der Waals surface area contributed by atoms with Crippen molar-refractivity contribution in [1.29, 1.82) is 0 Å². The summed E-state index contributed by atoms with van der Waals surface area (Å²) < 4.78 is 11.7. The molecule has 0 spiro atoms. The molecule has 1 saturated heterocycles. The van der Waals surface area contributed by atoms with E-state index in [9.17, 15) is 9.59 Å². The van der Waals surface area contributed by atoms with Crippen molar-refractivity contribution in [3.8, 4) is 11.5 Å². The molecule has 0 aliphatic carbocycles. The number of rotatable bonds is 6. The molecule has 2 heterocycles. The van der Waals surface area contributed by atoms with E-state index in [0.29, 0.717) is 39.0 Å². The van der Waals surface area contributed by atoms with Gasteiger partial charge in [0, 0.05) is 25.6 Å². The lowest BCUT2D eigenvalue weighted by atomic mass is 9.96. The second-order valence-corrected chi connectivity index (χ2v) is 9.30. The summed E-state index contributed by atoms with van der Waals surface area (Å²) in [6, 6.07) is 15.5. The molecule has 7 nitrogen and oxygen atoms in total. The largest absolute Gasteiger partial charge is 0.491 e. The van der Waals surface area contributed by atoms with Crippen LogP contribution in [0.4, 0.5) is 10.5 Å². The van der Waals surface area contributed by atoms with Gasteiger partial charge in [-0.05, 0) is 62.9 Å². The Labute approximate surface area is 202 Å². The number of ether oxygens (including phenoxy) is 2. The Balaban J connectivity index is 1.28. The second kappa shape index (κ2) is 10.8. The monoisotopic (exact) mass is 465 g/mol. The molecular weight excluding hydrogens is 430 g/mol. The van der Waals surface area contributed by atoms with Gasteiger partial charge in [0.15, 0.2) is 0 Å². The minimum atomic E-state index is -0.0760. The van der Waals surface area contributed by atoms with Crippen molar-refractivity contribution in [2.24, 2.45) is 5.92 Å². The highest BCUT2D eigenvalue weighted by molar-refractivity contribution is 5.94. The van der Waals surface area contributed by atoms with Gasteiger partial charge in [-0.3, -0.25) is 9.69 Å². The number of para-hydroxylation sites is 2. The van der Waals surface area contributed by atoms with Gasteiger partial charge < -0.3 is 19.7 Å². The summed E-state index contributed by atoms with van der Waals surface area (Å²) in [6.45, 7) is 8.25. The van der Waals surface area contributed by atoms with E-state index >= 15 is 0 Å². The zero-order valence-corrected chi connectivity index (χ0v) is 20.3. The maximum Gasteiger partial charge on any atom is 0.324 e. The fourth-order valence-corrected chi connectivity index (χ4v) is 4.49. The zero-order valence-electron chi connectivity index (χ0n) is 20.3. The number of anilines is 1. The van der Waals surface area contributed by atoms with E-state index in [0.717, 1.165) is 29.2 Å². The number of hydrogen-bond donors (Lipinski definition) is 1. The maximum atomic E-state index is 13.3. The standard InChI is InChI=1S/C27H35N3O4/c1-4-22-18-30(24-7-5-6-8-25(24)34-22)27(32)29-15-13-21(14-16-29)26(31)28-17-20-9-11-23(12-10-20)33-19(2)3/h5-12,19,21-22H,4,13-18H2,1-3H3,(H,28,31)/t22-/m0/s1. The van der Waals surface area contributed by atoms with Crippen LogP contribution in [0.5, 0.6) is 11.5 Å². The van der Waals surface area contributed by atoms with E-state index < -0.39 is 0 Å². The van der Waals surface area contributed by atoms with Crippen LogP contribution < -0.4 is 19.7 Å². The summed E-state index contributed by atoms with van der Waals surface area (Å²) in [6.07, 6.45) is 2.31. The van der Waals surface area contributed by atoms with Crippen LogP contribution in [0, 0.1) is 5.92 Å². The smallest absolute Gasteiger partial charge is 0.324 e. The van der Waals surface area contributed by atoms with Crippen LogP contribution in [0.1, 0.15) is 45.6 Å². The first-order chi connectivity index (χ1) is 16.4. The first-order valence-electron chi connectivity index (χ1n) is 12.3. The Hall–Kier alpha value is -3.22. The lowest BCUT2D eigenvalue weighted by Crippen LogP contribution is -2.52. The quantitative estimate of drug-likeness (QED) is 0.677. The van der Waals surface area contributed by atoms with Gasteiger partial charge in [-0.1, -0.05) is 31.2 Å². The average molecular weight is 466 g/mol. The summed E-state index contributed by atoms with van der Waals surface area (Å²) in [5.41, 5.74) is 1.86. The van der Waals surface area contributed by atoms with Crippen LogP contribution in [0.15, 0.2) is 48.5 Å². The van der Waals surface area contributed by atoms with Gasteiger partial charge >= 0.3 is 6.03 Å². The van der Waals surface area contributed by atoms with Crippen molar-refractivity contribution in [1.82, 2.24) is 10.2 Å². The van der Waals surface area contributed by atoms with Crippen molar-refractivity contribution in [3.05, 3.63) is 54.1 Å². The fraction of sp³-hybridized carbons (Fsp3) is 0.481. The van der Waals surface area contributed by atoms with E-state index in [4.69, 9.17) is 9.47 Å². The number of nitrogens with zero attached hydrogens (tertiary/aromatic N) is 2. The number of fused-ring (bicyclic) bond motifs is 1. The molecule has 2 aromatic carbocycles. The van der Waals surface area contributed by atoms with E-state index in [2.05, 4.69) is 12.2 Å². The summed E-state index contributed by atoms with van der Waals surface area (Å²) in [5.74, 6) is 1.56. The number of carbonyl (C=O) groups is 2. The molecule has 0 unspecified atom stereocenters. The highest BCUT2D eigenvalue weighted by Gasteiger charge is 2.34. The molecule has 3 amide bonds. The molecule has 0 radical (unpaired) electrons. The Morgan fingerprint density at radius 2 is 1.79 bits per heavy atom. The molecule has 7 heteroatoms. The molecule has 34 heavy (non-hydrogen) atoms. The van der Waals surface area contributed by atoms with E-state index in [1.807, 2.05) is 72.2 Å². The molecule has 1 N–H and O–H groups in total. The Morgan fingerprint density at radius 3 is 2.47 bits per heavy atom. The number of hydrogen-bond acceptors (Lipinski definition) is 4. The molecule has 4 rings (SSSR count). The Bertz CT molecular complexity index is 984. The first-order valence-corrected chi connectivity index (χ1v) is 12.3. The molecule has 182 valence electrons. The number of likely N-dealkylation sites (tertiary alicyclic amines) is 1. The minimum absolute atomic E-state index is 0.00300. The number of benzene rings is 2. The van der Waals surface area contributed by atoms with Crippen molar-refractivity contribution in [2.75, 3.05) is 24.5 Å². The molecule has 0 bridgehead atoms.